The molecule has 1 spiro atoms. The van der Waals surface area contributed by atoms with Gasteiger partial charge in [-0.2, -0.15) is 11.8 Å². The van der Waals surface area contributed by atoms with Gasteiger partial charge >= 0.3 is 0 Å². The van der Waals surface area contributed by atoms with E-state index in [-0.39, 0.29) is 11.5 Å². The smallest absolute Gasteiger partial charge is 0.166 e. The van der Waals surface area contributed by atoms with Crippen LogP contribution in [-0.4, -0.2) is 29.5 Å². The summed E-state index contributed by atoms with van der Waals surface area (Å²) in [7, 11) is 0. The lowest BCUT2D eigenvalue weighted by Gasteiger charge is -2.37. The lowest BCUT2D eigenvalue weighted by Crippen LogP contribution is -2.42. The van der Waals surface area contributed by atoms with Crippen LogP contribution in [0.3, 0.4) is 0 Å². The summed E-state index contributed by atoms with van der Waals surface area (Å²) in [6.07, 6.45) is 2.89. The third-order valence-electron chi connectivity index (χ3n) is 4.85. The van der Waals surface area contributed by atoms with Crippen molar-refractivity contribution >= 4 is 17.5 Å². The number of rotatable bonds is 2. The number of hydrogen-bond acceptors (Lipinski definition) is 3. The Labute approximate surface area is 131 Å². The molecule has 1 aromatic carbocycles. The molecular formula is C18H24O2S. The molecule has 21 heavy (non-hydrogen) atoms. The summed E-state index contributed by atoms with van der Waals surface area (Å²) < 4.78 is 6.05. The van der Waals surface area contributed by atoms with Crippen LogP contribution < -0.4 is 0 Å². The van der Waals surface area contributed by atoms with Gasteiger partial charge in [0, 0.05) is 23.8 Å². The number of hydrogen-bond donors (Lipinski definition) is 0. The fourth-order valence-electron chi connectivity index (χ4n) is 3.89. The van der Waals surface area contributed by atoms with Gasteiger partial charge in [0.1, 0.15) is 0 Å². The highest BCUT2D eigenvalue weighted by Crippen LogP contribution is 2.41. The van der Waals surface area contributed by atoms with Gasteiger partial charge in [-0.05, 0) is 56.9 Å². The highest BCUT2D eigenvalue weighted by Gasteiger charge is 2.42. The number of Topliss-reactive ketones (excluding diaryl/α,β-unsaturated/α-hetero) is 1. The minimum atomic E-state index is -0.0181. The summed E-state index contributed by atoms with van der Waals surface area (Å²) >= 11 is 1.96. The molecule has 2 unspecified atom stereocenters. The average Bonchev–Trinajstić information content (AvgIpc) is 2.85. The van der Waals surface area contributed by atoms with Crippen LogP contribution in [0.2, 0.25) is 0 Å². The summed E-state index contributed by atoms with van der Waals surface area (Å²) in [6, 6.07) is 4.25. The monoisotopic (exact) mass is 304 g/mol. The Morgan fingerprint density at radius 2 is 2.00 bits per heavy atom. The van der Waals surface area contributed by atoms with Crippen molar-refractivity contribution in [2.75, 3.05) is 18.1 Å². The van der Waals surface area contributed by atoms with Crippen molar-refractivity contribution in [3.63, 3.8) is 0 Å². The number of ether oxygens (including phenoxy) is 1. The zero-order valence-corrected chi connectivity index (χ0v) is 14.0. The first-order chi connectivity index (χ1) is 10.0. The van der Waals surface area contributed by atoms with E-state index in [1.807, 2.05) is 11.8 Å². The minimum absolute atomic E-state index is 0.0181. The Kier molecular flexibility index (Phi) is 4.15. The van der Waals surface area contributed by atoms with Crippen LogP contribution in [0.1, 0.15) is 46.3 Å². The van der Waals surface area contributed by atoms with Gasteiger partial charge in [-0.1, -0.05) is 17.7 Å². The van der Waals surface area contributed by atoms with Crippen LogP contribution in [-0.2, 0) is 4.74 Å². The topological polar surface area (TPSA) is 26.3 Å². The van der Waals surface area contributed by atoms with E-state index in [0.717, 1.165) is 48.3 Å². The Bertz CT molecular complexity index is 535. The lowest BCUT2D eigenvalue weighted by molar-refractivity contribution is -0.0734. The summed E-state index contributed by atoms with van der Waals surface area (Å²) in [5, 5.41) is 0. The number of benzene rings is 1. The molecule has 114 valence electrons. The van der Waals surface area contributed by atoms with Crippen molar-refractivity contribution in [2.45, 2.75) is 45.6 Å². The van der Waals surface area contributed by atoms with Crippen molar-refractivity contribution < 1.29 is 9.53 Å². The van der Waals surface area contributed by atoms with E-state index in [2.05, 4.69) is 32.9 Å². The molecule has 0 bridgehead atoms. The van der Waals surface area contributed by atoms with Gasteiger partial charge in [0.25, 0.3) is 0 Å². The fourth-order valence-corrected chi connectivity index (χ4v) is 5.27. The molecule has 3 rings (SSSR count). The van der Waals surface area contributed by atoms with E-state index in [1.165, 1.54) is 11.3 Å². The Morgan fingerprint density at radius 3 is 2.62 bits per heavy atom. The van der Waals surface area contributed by atoms with Crippen molar-refractivity contribution in [3.05, 3.63) is 34.4 Å². The van der Waals surface area contributed by atoms with Gasteiger partial charge in [-0.15, -0.1) is 0 Å². The molecule has 2 nitrogen and oxygen atoms in total. The molecule has 0 amide bonds. The predicted octanol–water partition coefficient (Wildman–Crippen LogP) is 4.10. The van der Waals surface area contributed by atoms with Crippen molar-refractivity contribution in [2.24, 2.45) is 5.92 Å². The van der Waals surface area contributed by atoms with Gasteiger partial charge in [-0.25, -0.2) is 0 Å². The molecule has 0 N–H and O–H groups in total. The van der Waals surface area contributed by atoms with Crippen molar-refractivity contribution in [1.82, 2.24) is 0 Å². The van der Waals surface area contributed by atoms with Crippen LogP contribution in [0.15, 0.2) is 12.1 Å². The fraction of sp³-hybridized carbons (Fsp3) is 0.611. The maximum absolute atomic E-state index is 13.0. The minimum Gasteiger partial charge on any atom is -0.374 e. The Morgan fingerprint density at radius 1 is 1.29 bits per heavy atom. The first-order valence-electron chi connectivity index (χ1n) is 7.84. The van der Waals surface area contributed by atoms with Gasteiger partial charge in [0.15, 0.2) is 5.78 Å². The Hall–Kier alpha value is -0.800. The van der Waals surface area contributed by atoms with Gasteiger partial charge in [-0.3, -0.25) is 4.79 Å². The van der Waals surface area contributed by atoms with Crippen LogP contribution in [0.5, 0.6) is 0 Å². The zero-order valence-electron chi connectivity index (χ0n) is 13.2. The molecule has 0 aromatic heterocycles. The molecule has 0 aliphatic carbocycles. The van der Waals surface area contributed by atoms with E-state index in [0.29, 0.717) is 5.78 Å². The molecule has 0 saturated carbocycles. The quantitative estimate of drug-likeness (QED) is 0.770. The first kappa shape index (κ1) is 15.1. The highest BCUT2D eigenvalue weighted by molar-refractivity contribution is 7.99. The highest BCUT2D eigenvalue weighted by atomic mass is 32.2. The van der Waals surface area contributed by atoms with E-state index in [1.54, 1.807) is 0 Å². The van der Waals surface area contributed by atoms with Gasteiger partial charge in [0.2, 0.25) is 0 Å². The van der Waals surface area contributed by atoms with Crippen LogP contribution >= 0.6 is 11.8 Å². The molecule has 2 saturated heterocycles. The number of carbonyl (C=O) groups is 1. The molecule has 1 aromatic rings. The van der Waals surface area contributed by atoms with Crippen molar-refractivity contribution in [1.29, 1.82) is 0 Å². The average molecular weight is 304 g/mol. The lowest BCUT2D eigenvalue weighted by atomic mass is 9.79. The maximum Gasteiger partial charge on any atom is 0.166 e. The summed E-state index contributed by atoms with van der Waals surface area (Å²) in [4.78, 5) is 13.0. The van der Waals surface area contributed by atoms with E-state index in [4.69, 9.17) is 4.74 Å². The van der Waals surface area contributed by atoms with Crippen LogP contribution in [0.25, 0.3) is 0 Å². The van der Waals surface area contributed by atoms with Gasteiger partial charge < -0.3 is 4.74 Å². The third kappa shape index (κ3) is 2.91. The molecule has 2 fully saturated rings. The standard InChI is InChI=1S/C18H24O2S/c1-12-8-13(2)16(14(3)9-12)17(19)15-4-6-20-18(10-15)5-7-21-11-18/h8-9,15H,4-7,10-11H2,1-3H3. The van der Waals surface area contributed by atoms with E-state index < -0.39 is 0 Å². The maximum atomic E-state index is 13.0. The number of thioether (sulfide) groups is 1. The second-order valence-corrected chi connectivity index (χ2v) is 7.77. The molecule has 2 aliphatic heterocycles. The van der Waals surface area contributed by atoms with Crippen molar-refractivity contribution in [3.8, 4) is 0 Å². The molecule has 2 aliphatic rings. The number of ketones is 1. The number of carbonyl (C=O) groups excluding carboxylic acids is 1. The van der Waals surface area contributed by atoms with E-state index >= 15 is 0 Å². The zero-order chi connectivity index (χ0) is 15.0. The third-order valence-corrected chi connectivity index (χ3v) is 6.08. The van der Waals surface area contributed by atoms with Crippen LogP contribution in [0, 0.1) is 26.7 Å². The predicted molar refractivity (Wildman–Crippen MR) is 88.3 cm³/mol. The van der Waals surface area contributed by atoms with E-state index in [9.17, 15) is 4.79 Å². The normalized spacial score (nSPS) is 29.0. The second kappa shape index (κ2) is 5.77. The molecule has 2 atom stereocenters. The second-order valence-electron chi connectivity index (χ2n) is 6.66. The molecule has 2 heterocycles. The van der Waals surface area contributed by atoms with Crippen LogP contribution in [0.4, 0.5) is 0 Å². The molecule has 0 radical (unpaired) electrons. The molecule has 3 heteroatoms. The SMILES string of the molecule is Cc1cc(C)c(C(=O)C2CCOC3(CCSC3)C2)c(C)c1. The summed E-state index contributed by atoms with van der Waals surface area (Å²) in [5.74, 6) is 2.70. The largest absolute Gasteiger partial charge is 0.374 e. The Balaban J connectivity index is 1.85. The first-order valence-corrected chi connectivity index (χ1v) is 9.00. The number of aryl methyl sites for hydroxylation is 3. The summed E-state index contributed by atoms with van der Waals surface area (Å²) in [6.45, 7) is 6.95. The summed E-state index contributed by atoms with van der Waals surface area (Å²) in [5.41, 5.74) is 4.42. The van der Waals surface area contributed by atoms with Gasteiger partial charge in [0.05, 0.1) is 5.60 Å². The molecular weight excluding hydrogens is 280 g/mol.